The zero-order valence-corrected chi connectivity index (χ0v) is 11.3. The first kappa shape index (κ1) is 15.3. The number of nitrogens with one attached hydrogen (secondary N) is 1. The maximum atomic E-state index is 11.9. The average Bonchev–Trinajstić information content (AvgIpc) is 2.43. The minimum Gasteiger partial charge on any atom is -0.504 e. The lowest BCUT2D eigenvalue weighted by Gasteiger charge is -2.10. The molecule has 1 aromatic rings. The van der Waals surface area contributed by atoms with E-state index in [4.69, 9.17) is 9.84 Å². The van der Waals surface area contributed by atoms with Crippen molar-refractivity contribution in [2.24, 2.45) is 5.92 Å². The molecule has 0 heterocycles. The van der Waals surface area contributed by atoms with E-state index in [1.165, 1.54) is 7.11 Å². The Hall–Kier alpha value is -1.75. The van der Waals surface area contributed by atoms with Gasteiger partial charge in [0.2, 0.25) is 0 Å². The molecule has 3 N–H and O–H groups in total. The fourth-order valence-electron chi connectivity index (χ4n) is 1.71. The number of benzene rings is 1. The lowest BCUT2D eigenvalue weighted by molar-refractivity contribution is 0.0949. The largest absolute Gasteiger partial charge is 0.504 e. The number of phenols is 1. The van der Waals surface area contributed by atoms with Crippen LogP contribution in [0.15, 0.2) is 18.2 Å². The van der Waals surface area contributed by atoms with Crippen molar-refractivity contribution in [3.8, 4) is 11.5 Å². The Morgan fingerprint density at radius 1 is 1.47 bits per heavy atom. The number of carbonyl (C=O) groups is 1. The van der Waals surface area contributed by atoms with Gasteiger partial charge in [-0.25, -0.2) is 0 Å². The van der Waals surface area contributed by atoms with E-state index in [-0.39, 0.29) is 35.5 Å². The summed E-state index contributed by atoms with van der Waals surface area (Å²) in [6.45, 7) is 2.63. The van der Waals surface area contributed by atoms with Gasteiger partial charge in [0.25, 0.3) is 5.91 Å². The number of ether oxygens (including phenoxy) is 1. The highest BCUT2D eigenvalue weighted by molar-refractivity contribution is 5.97. The number of phenolic OH excluding ortho intramolecular Hbond substituents is 1. The van der Waals surface area contributed by atoms with E-state index in [0.717, 1.165) is 12.8 Å². The van der Waals surface area contributed by atoms with Gasteiger partial charge in [0.05, 0.1) is 12.7 Å². The molecule has 1 atom stereocenters. The van der Waals surface area contributed by atoms with Crippen molar-refractivity contribution in [1.29, 1.82) is 0 Å². The highest BCUT2D eigenvalue weighted by Gasteiger charge is 2.14. The van der Waals surface area contributed by atoms with Gasteiger partial charge in [-0.1, -0.05) is 13.0 Å². The number of para-hydroxylation sites is 1. The molecule has 0 saturated heterocycles. The molecule has 19 heavy (non-hydrogen) atoms. The zero-order chi connectivity index (χ0) is 14.3. The summed E-state index contributed by atoms with van der Waals surface area (Å²) in [6, 6.07) is 4.79. The Labute approximate surface area is 113 Å². The van der Waals surface area contributed by atoms with Gasteiger partial charge >= 0.3 is 0 Å². The van der Waals surface area contributed by atoms with Crippen molar-refractivity contribution >= 4 is 5.91 Å². The monoisotopic (exact) mass is 267 g/mol. The highest BCUT2D eigenvalue weighted by atomic mass is 16.5. The molecule has 0 aliphatic heterocycles. The zero-order valence-electron chi connectivity index (χ0n) is 11.3. The fraction of sp³-hybridized carbons (Fsp3) is 0.500. The van der Waals surface area contributed by atoms with E-state index in [0.29, 0.717) is 6.54 Å². The van der Waals surface area contributed by atoms with Gasteiger partial charge in [-0.2, -0.15) is 0 Å². The fourth-order valence-corrected chi connectivity index (χ4v) is 1.71. The van der Waals surface area contributed by atoms with Crippen LogP contribution in [0.3, 0.4) is 0 Å². The van der Waals surface area contributed by atoms with Crippen molar-refractivity contribution in [1.82, 2.24) is 5.32 Å². The predicted molar refractivity (Wildman–Crippen MR) is 72.5 cm³/mol. The van der Waals surface area contributed by atoms with Crippen molar-refractivity contribution in [2.45, 2.75) is 19.8 Å². The third kappa shape index (κ3) is 4.44. The Balaban J connectivity index is 2.50. The van der Waals surface area contributed by atoms with E-state index in [1.54, 1.807) is 18.2 Å². The maximum absolute atomic E-state index is 11.9. The van der Waals surface area contributed by atoms with Gasteiger partial charge in [-0.15, -0.1) is 0 Å². The van der Waals surface area contributed by atoms with E-state index in [9.17, 15) is 9.90 Å². The number of hydrogen-bond donors (Lipinski definition) is 3. The summed E-state index contributed by atoms with van der Waals surface area (Å²) in [7, 11) is 1.44. The number of aliphatic hydroxyl groups excluding tert-OH is 1. The number of aromatic hydroxyl groups is 1. The average molecular weight is 267 g/mol. The molecule has 5 nitrogen and oxygen atoms in total. The van der Waals surface area contributed by atoms with Crippen LogP contribution >= 0.6 is 0 Å². The molecule has 0 bridgehead atoms. The van der Waals surface area contributed by atoms with Gasteiger partial charge in [-0.05, 0) is 30.9 Å². The van der Waals surface area contributed by atoms with Crippen LogP contribution in [0, 0.1) is 5.92 Å². The third-order valence-electron chi connectivity index (χ3n) is 2.93. The number of carbonyl (C=O) groups excluding carboxylic acids is 1. The summed E-state index contributed by atoms with van der Waals surface area (Å²) >= 11 is 0. The van der Waals surface area contributed by atoms with E-state index in [1.807, 2.05) is 6.92 Å². The lowest BCUT2D eigenvalue weighted by Crippen LogP contribution is -2.25. The van der Waals surface area contributed by atoms with E-state index in [2.05, 4.69) is 5.32 Å². The van der Waals surface area contributed by atoms with Gasteiger partial charge < -0.3 is 20.3 Å². The second kappa shape index (κ2) is 7.63. The van der Waals surface area contributed by atoms with Crippen molar-refractivity contribution < 1.29 is 19.7 Å². The van der Waals surface area contributed by atoms with Crippen LogP contribution in [0.4, 0.5) is 0 Å². The molecule has 1 aromatic carbocycles. The third-order valence-corrected chi connectivity index (χ3v) is 2.93. The Morgan fingerprint density at radius 3 is 2.84 bits per heavy atom. The van der Waals surface area contributed by atoms with Crippen molar-refractivity contribution in [3.05, 3.63) is 23.8 Å². The van der Waals surface area contributed by atoms with Gasteiger partial charge in [0, 0.05) is 13.2 Å². The maximum Gasteiger partial charge on any atom is 0.255 e. The minimum atomic E-state index is -0.326. The van der Waals surface area contributed by atoms with Crippen LogP contribution in [0.25, 0.3) is 0 Å². The topological polar surface area (TPSA) is 78.8 Å². The number of methoxy groups -OCH3 is 1. The molecule has 0 aliphatic rings. The summed E-state index contributed by atoms with van der Waals surface area (Å²) < 4.78 is 4.95. The SMILES string of the molecule is COc1cccc(C(=O)NCCCC(C)CO)c1O. The molecule has 0 aliphatic carbocycles. The number of amides is 1. The van der Waals surface area contributed by atoms with Gasteiger partial charge in [-0.3, -0.25) is 4.79 Å². The first-order valence-corrected chi connectivity index (χ1v) is 6.35. The van der Waals surface area contributed by atoms with Crippen LogP contribution in [0.5, 0.6) is 11.5 Å². The lowest BCUT2D eigenvalue weighted by atomic mass is 10.1. The van der Waals surface area contributed by atoms with Gasteiger partial charge in [0.1, 0.15) is 0 Å². The molecule has 0 fully saturated rings. The second-order valence-corrected chi connectivity index (χ2v) is 4.54. The Bertz CT molecular complexity index is 420. The summed E-state index contributed by atoms with van der Waals surface area (Å²) in [4.78, 5) is 11.9. The second-order valence-electron chi connectivity index (χ2n) is 4.54. The number of rotatable bonds is 7. The van der Waals surface area contributed by atoms with Crippen LogP contribution < -0.4 is 10.1 Å². The number of hydrogen-bond acceptors (Lipinski definition) is 4. The molecule has 5 heteroatoms. The molecule has 0 aromatic heterocycles. The first-order chi connectivity index (χ1) is 9.10. The predicted octanol–water partition coefficient (Wildman–Crippen LogP) is 1.54. The van der Waals surface area contributed by atoms with Crippen LogP contribution in [0.2, 0.25) is 0 Å². The quantitative estimate of drug-likeness (QED) is 0.655. The van der Waals surface area contributed by atoms with Crippen molar-refractivity contribution in [3.63, 3.8) is 0 Å². The highest BCUT2D eigenvalue weighted by Crippen LogP contribution is 2.29. The standard InChI is InChI=1S/C14H21NO4/c1-10(9-16)5-4-8-15-14(18)11-6-3-7-12(19-2)13(11)17/h3,6-7,10,16-17H,4-5,8-9H2,1-2H3,(H,15,18). The summed E-state index contributed by atoms with van der Waals surface area (Å²) in [6.07, 6.45) is 1.64. The minimum absolute atomic E-state index is 0.147. The molecular formula is C14H21NO4. The molecule has 1 unspecified atom stereocenters. The normalized spacial score (nSPS) is 11.9. The smallest absolute Gasteiger partial charge is 0.255 e. The molecule has 1 rings (SSSR count). The molecule has 0 radical (unpaired) electrons. The molecule has 0 saturated carbocycles. The Kier molecular flexibility index (Phi) is 6.15. The van der Waals surface area contributed by atoms with Gasteiger partial charge in [0.15, 0.2) is 11.5 Å². The molecular weight excluding hydrogens is 246 g/mol. The first-order valence-electron chi connectivity index (χ1n) is 6.35. The van der Waals surface area contributed by atoms with Crippen molar-refractivity contribution in [2.75, 3.05) is 20.3 Å². The molecule has 106 valence electrons. The number of aliphatic hydroxyl groups is 1. The van der Waals surface area contributed by atoms with E-state index < -0.39 is 0 Å². The van der Waals surface area contributed by atoms with Crippen LogP contribution in [-0.2, 0) is 0 Å². The summed E-state index contributed by atoms with van der Waals surface area (Å²) in [5, 5.41) is 21.4. The van der Waals surface area contributed by atoms with E-state index >= 15 is 0 Å². The summed E-state index contributed by atoms with van der Waals surface area (Å²) in [5.74, 6) is 0.0444. The molecule has 1 amide bonds. The van der Waals surface area contributed by atoms with Crippen LogP contribution in [0.1, 0.15) is 30.1 Å². The summed E-state index contributed by atoms with van der Waals surface area (Å²) in [5.41, 5.74) is 0.203. The van der Waals surface area contributed by atoms with Crippen LogP contribution in [-0.4, -0.2) is 36.4 Å². The molecule has 0 spiro atoms. The Morgan fingerprint density at radius 2 is 2.21 bits per heavy atom.